The Bertz CT molecular complexity index is 621. The van der Waals surface area contributed by atoms with Gasteiger partial charge in [-0.2, -0.15) is 0 Å². The van der Waals surface area contributed by atoms with E-state index < -0.39 is 0 Å². The van der Waals surface area contributed by atoms with Crippen LogP contribution < -0.4 is 10.6 Å². The molecule has 2 aliphatic rings. The fourth-order valence-electron chi connectivity index (χ4n) is 3.99. The average Bonchev–Trinajstić information content (AvgIpc) is 3.29. The molecule has 2 heterocycles. The third kappa shape index (κ3) is 8.25. The highest BCUT2D eigenvalue weighted by molar-refractivity contribution is 5.79. The fraction of sp³-hybridized carbons (Fsp3) is 0.708. The number of rotatable bonds is 10. The molecule has 1 aromatic carbocycles. The van der Waals surface area contributed by atoms with Crippen LogP contribution in [0.5, 0.6) is 0 Å². The summed E-state index contributed by atoms with van der Waals surface area (Å²) in [5.74, 6) is 2.31. The van der Waals surface area contributed by atoms with E-state index in [0.717, 1.165) is 70.8 Å². The maximum atomic E-state index is 5.75. The number of hydrogen-bond acceptors (Lipinski definition) is 4. The lowest BCUT2D eigenvalue weighted by molar-refractivity contribution is 0.0888. The zero-order chi connectivity index (χ0) is 21.0. The van der Waals surface area contributed by atoms with Crippen molar-refractivity contribution in [3.63, 3.8) is 0 Å². The monoisotopic (exact) mass is 416 g/mol. The Morgan fingerprint density at radius 3 is 2.60 bits per heavy atom. The van der Waals surface area contributed by atoms with E-state index in [1.54, 1.807) is 0 Å². The fourth-order valence-corrected chi connectivity index (χ4v) is 3.99. The quantitative estimate of drug-likeness (QED) is 0.349. The van der Waals surface area contributed by atoms with E-state index in [2.05, 4.69) is 51.7 Å². The minimum absolute atomic E-state index is 0.585. The van der Waals surface area contributed by atoms with E-state index in [9.17, 15) is 0 Å². The van der Waals surface area contributed by atoms with Crippen molar-refractivity contribution < 1.29 is 9.47 Å². The number of hydrogen-bond donors (Lipinski definition) is 2. The Kier molecular flexibility index (Phi) is 9.93. The van der Waals surface area contributed by atoms with Crippen molar-refractivity contribution in [3.8, 4) is 0 Å². The van der Waals surface area contributed by atoms with Crippen LogP contribution in [0.25, 0.3) is 0 Å². The smallest absolute Gasteiger partial charge is 0.191 e. The molecule has 168 valence electrons. The van der Waals surface area contributed by atoms with Gasteiger partial charge in [0.1, 0.15) is 0 Å². The van der Waals surface area contributed by atoms with Crippen LogP contribution in [-0.4, -0.2) is 64.0 Å². The van der Waals surface area contributed by atoms with Crippen LogP contribution in [0.1, 0.15) is 43.7 Å². The molecule has 0 aromatic heterocycles. The summed E-state index contributed by atoms with van der Waals surface area (Å²) in [5.41, 5.74) is 2.68. The van der Waals surface area contributed by atoms with E-state index in [1.165, 1.54) is 37.1 Å². The topological polar surface area (TPSA) is 58.1 Å². The molecule has 0 bridgehead atoms. The molecule has 0 amide bonds. The summed E-state index contributed by atoms with van der Waals surface area (Å²) in [6, 6.07) is 8.97. The SMILES string of the molecule is CN=C(NCCCOCC1CCOC1)NCc1ccc(CN2CCC(C)CC2)cc1. The highest BCUT2D eigenvalue weighted by atomic mass is 16.5. The summed E-state index contributed by atoms with van der Waals surface area (Å²) >= 11 is 0. The molecule has 2 aliphatic heterocycles. The van der Waals surface area contributed by atoms with Crippen molar-refractivity contribution in [2.24, 2.45) is 16.8 Å². The Hall–Kier alpha value is -1.63. The van der Waals surface area contributed by atoms with Gasteiger partial charge in [-0.05, 0) is 55.8 Å². The van der Waals surface area contributed by atoms with Crippen LogP contribution in [0.2, 0.25) is 0 Å². The Balaban J connectivity index is 1.27. The maximum Gasteiger partial charge on any atom is 0.191 e. The second kappa shape index (κ2) is 12.9. The van der Waals surface area contributed by atoms with Crippen LogP contribution in [0.4, 0.5) is 0 Å². The van der Waals surface area contributed by atoms with Crippen molar-refractivity contribution in [1.82, 2.24) is 15.5 Å². The van der Waals surface area contributed by atoms with Crippen molar-refractivity contribution >= 4 is 5.96 Å². The van der Waals surface area contributed by atoms with Gasteiger partial charge in [0.25, 0.3) is 0 Å². The summed E-state index contributed by atoms with van der Waals surface area (Å²) in [6.45, 7) is 10.9. The van der Waals surface area contributed by atoms with E-state index in [4.69, 9.17) is 9.47 Å². The number of ether oxygens (including phenoxy) is 2. The van der Waals surface area contributed by atoms with E-state index in [0.29, 0.717) is 5.92 Å². The first-order valence-corrected chi connectivity index (χ1v) is 11.6. The summed E-state index contributed by atoms with van der Waals surface area (Å²) in [4.78, 5) is 6.89. The molecule has 3 rings (SSSR count). The molecule has 0 aliphatic carbocycles. The summed E-state index contributed by atoms with van der Waals surface area (Å²) in [6.07, 6.45) is 4.76. The number of aliphatic imine (C=N–C) groups is 1. The number of piperidine rings is 1. The number of nitrogens with one attached hydrogen (secondary N) is 2. The van der Waals surface area contributed by atoms with Gasteiger partial charge in [0.15, 0.2) is 5.96 Å². The van der Waals surface area contributed by atoms with Crippen LogP contribution in [-0.2, 0) is 22.6 Å². The molecule has 1 unspecified atom stereocenters. The molecule has 0 spiro atoms. The zero-order valence-electron chi connectivity index (χ0n) is 18.9. The average molecular weight is 417 g/mol. The highest BCUT2D eigenvalue weighted by Crippen LogP contribution is 2.18. The molecule has 2 N–H and O–H groups in total. The van der Waals surface area contributed by atoms with Crippen LogP contribution in [0.15, 0.2) is 29.3 Å². The van der Waals surface area contributed by atoms with E-state index >= 15 is 0 Å². The molecule has 2 saturated heterocycles. The second-order valence-electron chi connectivity index (χ2n) is 8.79. The molecule has 0 saturated carbocycles. The van der Waals surface area contributed by atoms with E-state index in [-0.39, 0.29) is 0 Å². The van der Waals surface area contributed by atoms with Crippen LogP contribution in [0.3, 0.4) is 0 Å². The van der Waals surface area contributed by atoms with Gasteiger partial charge in [-0.25, -0.2) is 0 Å². The van der Waals surface area contributed by atoms with Gasteiger partial charge >= 0.3 is 0 Å². The molecule has 1 atom stereocenters. The number of guanidine groups is 1. The predicted octanol–water partition coefficient (Wildman–Crippen LogP) is 3.03. The largest absolute Gasteiger partial charge is 0.381 e. The summed E-state index contributed by atoms with van der Waals surface area (Å²) in [7, 11) is 1.81. The third-order valence-electron chi connectivity index (χ3n) is 6.12. The minimum Gasteiger partial charge on any atom is -0.381 e. The molecule has 6 nitrogen and oxygen atoms in total. The lowest BCUT2D eigenvalue weighted by Crippen LogP contribution is -2.37. The maximum absolute atomic E-state index is 5.75. The van der Waals surface area contributed by atoms with Crippen molar-refractivity contribution in [2.75, 3.05) is 53.1 Å². The van der Waals surface area contributed by atoms with Gasteiger partial charge in [0.2, 0.25) is 0 Å². The number of nitrogens with zero attached hydrogens (tertiary/aromatic N) is 2. The first-order chi connectivity index (χ1) is 14.7. The molecule has 6 heteroatoms. The Labute approximate surface area is 182 Å². The highest BCUT2D eigenvalue weighted by Gasteiger charge is 2.16. The predicted molar refractivity (Wildman–Crippen MR) is 123 cm³/mol. The lowest BCUT2D eigenvalue weighted by atomic mass is 9.99. The molecule has 2 fully saturated rings. The van der Waals surface area contributed by atoms with Gasteiger partial charge in [-0.15, -0.1) is 0 Å². The molecule has 1 aromatic rings. The van der Waals surface area contributed by atoms with Crippen LogP contribution >= 0.6 is 0 Å². The standard InChI is InChI=1S/C24H40N4O2/c1-20-8-12-28(13-9-20)17-22-6-4-21(5-7-22)16-27-24(25-2)26-11-3-14-29-18-23-10-15-30-19-23/h4-7,20,23H,3,8-19H2,1-2H3,(H2,25,26,27). The Morgan fingerprint density at radius 1 is 1.13 bits per heavy atom. The van der Waals surface area contributed by atoms with Crippen molar-refractivity contribution in [3.05, 3.63) is 35.4 Å². The van der Waals surface area contributed by atoms with Crippen molar-refractivity contribution in [1.29, 1.82) is 0 Å². The first kappa shape index (κ1) is 23.0. The van der Waals surface area contributed by atoms with Gasteiger partial charge in [-0.3, -0.25) is 9.89 Å². The van der Waals surface area contributed by atoms with E-state index in [1.807, 2.05) is 7.05 Å². The molecular formula is C24H40N4O2. The first-order valence-electron chi connectivity index (χ1n) is 11.6. The summed E-state index contributed by atoms with van der Waals surface area (Å²) < 4.78 is 11.1. The van der Waals surface area contributed by atoms with Gasteiger partial charge in [-0.1, -0.05) is 31.2 Å². The number of likely N-dealkylation sites (tertiary alicyclic amines) is 1. The zero-order valence-corrected chi connectivity index (χ0v) is 18.9. The van der Waals surface area contributed by atoms with Gasteiger partial charge in [0.05, 0.1) is 13.2 Å². The van der Waals surface area contributed by atoms with Gasteiger partial charge < -0.3 is 20.1 Å². The normalized spacial score (nSPS) is 21.1. The molecule has 30 heavy (non-hydrogen) atoms. The van der Waals surface area contributed by atoms with Crippen molar-refractivity contribution in [2.45, 2.75) is 45.7 Å². The molecule has 0 radical (unpaired) electrons. The lowest BCUT2D eigenvalue weighted by Gasteiger charge is -2.30. The Morgan fingerprint density at radius 2 is 1.90 bits per heavy atom. The van der Waals surface area contributed by atoms with Crippen LogP contribution in [0, 0.1) is 11.8 Å². The number of benzene rings is 1. The summed E-state index contributed by atoms with van der Waals surface area (Å²) in [5, 5.41) is 6.76. The third-order valence-corrected chi connectivity index (χ3v) is 6.12. The molecular weight excluding hydrogens is 376 g/mol. The van der Waals surface area contributed by atoms with Gasteiger partial charge in [0, 0.05) is 45.8 Å². The minimum atomic E-state index is 0.585. The second-order valence-corrected chi connectivity index (χ2v) is 8.79.